The molecule has 3 unspecified atom stereocenters. The number of fused-ring (bicyclic) bond motifs is 2. The molecule has 2 aliphatic rings. The molecule has 0 heterocycles. The second-order valence-corrected chi connectivity index (χ2v) is 8.78. The summed E-state index contributed by atoms with van der Waals surface area (Å²) in [6, 6.07) is 8.29. The normalized spacial score (nSPS) is 31.4. The third-order valence-corrected chi connectivity index (χ3v) is 6.55. The molecule has 0 spiro atoms. The summed E-state index contributed by atoms with van der Waals surface area (Å²) in [5.74, 6) is 1.27. The Kier molecular flexibility index (Phi) is 5.55. The van der Waals surface area contributed by atoms with E-state index in [1.807, 2.05) is 31.2 Å². The molecule has 23 heavy (non-hydrogen) atoms. The number of carbonyl (C=O) groups is 1. The molecule has 2 saturated carbocycles. The van der Waals surface area contributed by atoms with Gasteiger partial charge in [-0.3, -0.25) is 4.79 Å². The van der Waals surface area contributed by atoms with Gasteiger partial charge in [0.15, 0.2) is 0 Å². The highest BCUT2D eigenvalue weighted by Gasteiger charge is 2.40. The molecule has 5 heteroatoms. The quantitative estimate of drug-likeness (QED) is 0.809. The highest BCUT2D eigenvalue weighted by molar-refractivity contribution is 8.00. The number of hydrogen-bond donors (Lipinski definition) is 2. The third-order valence-electron chi connectivity index (χ3n) is 5.18. The minimum Gasteiger partial charge on any atom is -0.352 e. The zero-order valence-corrected chi connectivity index (χ0v) is 15.1. The number of halogens is 1. The first kappa shape index (κ1) is 17.1. The number of thioether (sulfide) groups is 1. The van der Waals surface area contributed by atoms with Crippen LogP contribution in [0.3, 0.4) is 0 Å². The maximum atomic E-state index is 12.6. The van der Waals surface area contributed by atoms with Gasteiger partial charge in [0.05, 0.1) is 5.25 Å². The highest BCUT2D eigenvalue weighted by atomic mass is 35.5. The average molecular weight is 353 g/mol. The van der Waals surface area contributed by atoms with Crippen molar-refractivity contribution in [1.82, 2.24) is 5.32 Å². The van der Waals surface area contributed by atoms with Gasteiger partial charge >= 0.3 is 0 Å². The zero-order valence-electron chi connectivity index (χ0n) is 13.5. The third kappa shape index (κ3) is 4.23. The lowest BCUT2D eigenvalue weighted by atomic mass is 9.67. The van der Waals surface area contributed by atoms with Crippen molar-refractivity contribution in [2.75, 3.05) is 0 Å². The molecule has 126 valence electrons. The van der Waals surface area contributed by atoms with Crippen molar-refractivity contribution >= 4 is 29.3 Å². The second kappa shape index (κ2) is 7.45. The molecule has 3 rings (SSSR count). The van der Waals surface area contributed by atoms with E-state index in [1.165, 1.54) is 19.3 Å². The molecule has 1 aromatic rings. The molecule has 3 atom stereocenters. The van der Waals surface area contributed by atoms with Gasteiger partial charge in [-0.25, -0.2) is 0 Å². The molecule has 3 N–H and O–H groups in total. The van der Waals surface area contributed by atoms with Crippen LogP contribution in [-0.4, -0.2) is 23.2 Å². The minimum atomic E-state index is -0.104. The molecule has 1 amide bonds. The zero-order chi connectivity index (χ0) is 16.4. The Morgan fingerprint density at radius 1 is 1.26 bits per heavy atom. The summed E-state index contributed by atoms with van der Waals surface area (Å²) in [6.45, 7) is 1.97. The second-order valence-electron chi connectivity index (χ2n) is 6.93. The topological polar surface area (TPSA) is 55.1 Å². The summed E-state index contributed by atoms with van der Waals surface area (Å²) < 4.78 is 0. The van der Waals surface area contributed by atoms with E-state index in [0.717, 1.165) is 22.8 Å². The number of nitrogens with two attached hydrogens (primary N) is 1. The maximum Gasteiger partial charge on any atom is 0.233 e. The SMILES string of the molecule is CC(Sc1ccc(Cl)cc1)C(=O)NC1C2CCCC1CC(N)C2. The van der Waals surface area contributed by atoms with Crippen molar-refractivity contribution in [1.29, 1.82) is 0 Å². The number of amides is 1. The Hall–Kier alpha value is -0.710. The fraction of sp³-hybridized carbons (Fsp3) is 0.611. The molecule has 0 aromatic heterocycles. The van der Waals surface area contributed by atoms with Crippen molar-refractivity contribution in [2.45, 2.75) is 61.3 Å². The molecular formula is C18H25ClN2OS. The average Bonchev–Trinajstić information content (AvgIpc) is 2.50. The van der Waals surface area contributed by atoms with Crippen LogP contribution in [0.2, 0.25) is 5.02 Å². The highest BCUT2D eigenvalue weighted by Crippen LogP contribution is 2.40. The summed E-state index contributed by atoms with van der Waals surface area (Å²) in [4.78, 5) is 13.7. The lowest BCUT2D eigenvalue weighted by Gasteiger charge is -2.45. The van der Waals surface area contributed by atoms with Crippen LogP contribution in [0.5, 0.6) is 0 Å². The van der Waals surface area contributed by atoms with E-state index in [2.05, 4.69) is 5.32 Å². The first-order chi connectivity index (χ1) is 11.0. The number of hydrogen-bond acceptors (Lipinski definition) is 3. The number of carbonyl (C=O) groups excluding carboxylic acids is 1. The van der Waals surface area contributed by atoms with Crippen LogP contribution in [0.15, 0.2) is 29.2 Å². The van der Waals surface area contributed by atoms with E-state index in [1.54, 1.807) is 11.8 Å². The van der Waals surface area contributed by atoms with Crippen LogP contribution in [0.1, 0.15) is 39.0 Å². The number of nitrogens with one attached hydrogen (secondary N) is 1. The summed E-state index contributed by atoms with van der Waals surface area (Å²) >= 11 is 7.49. The van der Waals surface area contributed by atoms with Crippen molar-refractivity contribution in [3.63, 3.8) is 0 Å². The van der Waals surface area contributed by atoms with Crippen LogP contribution in [-0.2, 0) is 4.79 Å². The predicted molar refractivity (Wildman–Crippen MR) is 96.7 cm³/mol. The molecule has 3 nitrogen and oxygen atoms in total. The minimum absolute atomic E-state index is 0.104. The molecule has 0 radical (unpaired) electrons. The fourth-order valence-corrected chi connectivity index (χ4v) is 5.08. The summed E-state index contributed by atoms with van der Waals surface area (Å²) in [7, 11) is 0. The van der Waals surface area contributed by atoms with Crippen LogP contribution >= 0.6 is 23.4 Å². The smallest absolute Gasteiger partial charge is 0.233 e. The van der Waals surface area contributed by atoms with Crippen LogP contribution in [0.4, 0.5) is 0 Å². The Morgan fingerprint density at radius 2 is 1.87 bits per heavy atom. The Balaban J connectivity index is 1.58. The van der Waals surface area contributed by atoms with Crippen molar-refractivity contribution in [3.8, 4) is 0 Å². The Labute approximate surface area is 147 Å². The van der Waals surface area contributed by atoms with Crippen LogP contribution < -0.4 is 11.1 Å². The van der Waals surface area contributed by atoms with Crippen molar-refractivity contribution in [2.24, 2.45) is 17.6 Å². The number of rotatable bonds is 4. The summed E-state index contributed by atoms with van der Waals surface area (Å²) in [5, 5.41) is 3.95. The maximum absolute atomic E-state index is 12.6. The molecular weight excluding hydrogens is 328 g/mol. The first-order valence-electron chi connectivity index (χ1n) is 8.51. The van der Waals surface area contributed by atoms with Gasteiger partial charge in [0.1, 0.15) is 0 Å². The lowest BCUT2D eigenvalue weighted by Crippen LogP contribution is -2.54. The molecule has 2 bridgehead atoms. The van der Waals surface area contributed by atoms with Crippen molar-refractivity contribution in [3.05, 3.63) is 29.3 Å². The summed E-state index contributed by atoms with van der Waals surface area (Å²) in [6.07, 6.45) is 5.80. The van der Waals surface area contributed by atoms with E-state index in [-0.39, 0.29) is 11.2 Å². The predicted octanol–water partition coefficient (Wildman–Crippen LogP) is 3.84. The van der Waals surface area contributed by atoms with E-state index in [9.17, 15) is 4.79 Å². The van der Waals surface area contributed by atoms with Gasteiger partial charge in [-0.05, 0) is 68.7 Å². The Bertz CT molecular complexity index is 536. The Morgan fingerprint density at radius 3 is 2.48 bits per heavy atom. The molecule has 2 fully saturated rings. The summed E-state index contributed by atoms with van der Waals surface area (Å²) in [5.41, 5.74) is 6.16. The largest absolute Gasteiger partial charge is 0.352 e. The molecule has 0 aliphatic heterocycles. The lowest BCUT2D eigenvalue weighted by molar-refractivity contribution is -0.122. The van der Waals surface area contributed by atoms with Gasteiger partial charge in [0.25, 0.3) is 0 Å². The molecule has 2 aliphatic carbocycles. The van der Waals surface area contributed by atoms with Gasteiger partial charge in [-0.1, -0.05) is 18.0 Å². The van der Waals surface area contributed by atoms with E-state index < -0.39 is 0 Å². The monoisotopic (exact) mass is 352 g/mol. The van der Waals surface area contributed by atoms with Crippen LogP contribution in [0, 0.1) is 11.8 Å². The van der Waals surface area contributed by atoms with Gasteiger partial charge in [-0.15, -0.1) is 11.8 Å². The van der Waals surface area contributed by atoms with Gasteiger partial charge in [-0.2, -0.15) is 0 Å². The fourth-order valence-electron chi connectivity index (χ4n) is 4.08. The van der Waals surface area contributed by atoms with E-state index in [0.29, 0.717) is 23.9 Å². The van der Waals surface area contributed by atoms with Gasteiger partial charge in [0.2, 0.25) is 5.91 Å². The standard InChI is InChI=1S/C18H25ClN2OS/c1-11(23-16-7-5-14(19)6-8-16)18(22)21-17-12-3-2-4-13(17)10-15(20)9-12/h5-8,11-13,15,17H,2-4,9-10,20H2,1H3,(H,21,22). The molecule has 1 aromatic carbocycles. The van der Waals surface area contributed by atoms with Gasteiger partial charge < -0.3 is 11.1 Å². The van der Waals surface area contributed by atoms with E-state index in [4.69, 9.17) is 17.3 Å². The van der Waals surface area contributed by atoms with E-state index >= 15 is 0 Å². The number of benzene rings is 1. The van der Waals surface area contributed by atoms with Crippen molar-refractivity contribution < 1.29 is 4.79 Å². The first-order valence-corrected chi connectivity index (χ1v) is 9.77. The van der Waals surface area contributed by atoms with Crippen LogP contribution in [0.25, 0.3) is 0 Å². The van der Waals surface area contributed by atoms with Gasteiger partial charge in [0, 0.05) is 22.0 Å². The molecule has 0 saturated heterocycles.